The highest BCUT2D eigenvalue weighted by atomic mass is 35.5. The number of nitrogen functional groups attached to an aromatic ring is 1. The number of ether oxygens (including phenoxy) is 2. The second-order valence-electron chi connectivity index (χ2n) is 4.68. The second kappa shape index (κ2) is 9.60. The van der Waals surface area contributed by atoms with Gasteiger partial charge in [0.1, 0.15) is 0 Å². The lowest BCUT2D eigenvalue weighted by Gasteiger charge is -2.22. The van der Waals surface area contributed by atoms with Crippen molar-refractivity contribution < 1.29 is 19.1 Å². The largest absolute Gasteiger partial charge is 0.465 e. The van der Waals surface area contributed by atoms with E-state index in [4.69, 9.17) is 38.4 Å². The number of hydrogen-bond donors (Lipinski definition) is 1. The highest BCUT2D eigenvalue weighted by Crippen LogP contribution is 2.31. The molecule has 0 aliphatic carbocycles. The molecule has 0 bridgehead atoms. The Morgan fingerprint density at radius 3 is 2.09 bits per heavy atom. The highest BCUT2D eigenvalue weighted by molar-refractivity contribution is 6.42. The third-order valence-corrected chi connectivity index (χ3v) is 3.77. The zero-order chi connectivity index (χ0) is 17.4. The number of nitrogens with two attached hydrogens (primary N) is 1. The van der Waals surface area contributed by atoms with Crippen LogP contribution in [0.3, 0.4) is 0 Å². The van der Waals surface area contributed by atoms with E-state index in [-0.39, 0.29) is 32.8 Å². The summed E-state index contributed by atoms with van der Waals surface area (Å²) < 4.78 is 9.83. The zero-order valence-electron chi connectivity index (χ0n) is 13.1. The van der Waals surface area contributed by atoms with Crippen molar-refractivity contribution in [3.8, 4) is 0 Å². The van der Waals surface area contributed by atoms with E-state index in [1.807, 2.05) is 0 Å². The van der Waals surface area contributed by atoms with Crippen LogP contribution in [-0.4, -0.2) is 43.1 Å². The number of esters is 2. The van der Waals surface area contributed by atoms with Gasteiger partial charge in [0.05, 0.1) is 36.3 Å². The number of anilines is 1. The molecule has 1 aromatic carbocycles. The molecule has 0 fully saturated rings. The monoisotopic (exact) mass is 362 g/mol. The second-order valence-corrected chi connectivity index (χ2v) is 5.47. The van der Waals surface area contributed by atoms with E-state index in [1.54, 1.807) is 30.9 Å². The van der Waals surface area contributed by atoms with Crippen molar-refractivity contribution in [1.29, 1.82) is 0 Å². The lowest BCUT2D eigenvalue weighted by atomic mass is 10.1. The van der Waals surface area contributed by atoms with Crippen molar-refractivity contribution >= 4 is 40.8 Å². The van der Waals surface area contributed by atoms with Crippen molar-refractivity contribution in [2.24, 2.45) is 0 Å². The Labute approximate surface area is 145 Å². The molecule has 0 aromatic heterocycles. The van der Waals surface area contributed by atoms with Crippen LogP contribution in [-0.2, 0) is 25.6 Å². The molecule has 0 unspecified atom stereocenters. The van der Waals surface area contributed by atoms with Gasteiger partial charge in [-0.05, 0) is 26.0 Å². The summed E-state index contributed by atoms with van der Waals surface area (Å²) in [7, 11) is 0. The first-order valence-electron chi connectivity index (χ1n) is 7.14. The van der Waals surface area contributed by atoms with Crippen LogP contribution in [0.4, 0.5) is 5.69 Å². The first-order valence-corrected chi connectivity index (χ1v) is 7.90. The molecular formula is C15H20Cl2N2O4. The Hall–Kier alpha value is -1.50. The number of hydrogen-bond acceptors (Lipinski definition) is 6. The summed E-state index contributed by atoms with van der Waals surface area (Å²) in [5, 5.41) is 0.646. The Morgan fingerprint density at radius 2 is 1.61 bits per heavy atom. The van der Waals surface area contributed by atoms with Crippen LogP contribution in [0.2, 0.25) is 10.0 Å². The Balaban J connectivity index is 2.93. The molecule has 2 N–H and O–H groups in total. The summed E-state index contributed by atoms with van der Waals surface area (Å²) in [6, 6.07) is 3.21. The lowest BCUT2D eigenvalue weighted by Crippen LogP contribution is -2.36. The number of carbonyl (C=O) groups is 2. The van der Waals surface area contributed by atoms with Gasteiger partial charge in [-0.1, -0.05) is 23.2 Å². The van der Waals surface area contributed by atoms with Crippen LogP contribution >= 0.6 is 23.2 Å². The summed E-state index contributed by atoms with van der Waals surface area (Å²) >= 11 is 12.2. The zero-order valence-corrected chi connectivity index (χ0v) is 14.6. The van der Waals surface area contributed by atoms with E-state index in [9.17, 15) is 9.59 Å². The van der Waals surface area contributed by atoms with Gasteiger partial charge in [-0.2, -0.15) is 0 Å². The molecule has 6 nitrogen and oxygen atoms in total. The molecule has 0 aliphatic rings. The maximum absolute atomic E-state index is 11.7. The number of nitrogens with zero attached hydrogens (tertiary/aromatic N) is 1. The van der Waals surface area contributed by atoms with Crippen LogP contribution in [0.25, 0.3) is 0 Å². The summed E-state index contributed by atoms with van der Waals surface area (Å²) in [5.41, 5.74) is 6.89. The van der Waals surface area contributed by atoms with Crippen LogP contribution in [0, 0.1) is 0 Å². The van der Waals surface area contributed by atoms with Gasteiger partial charge in [0.2, 0.25) is 0 Å². The fourth-order valence-corrected chi connectivity index (χ4v) is 2.35. The fourth-order valence-electron chi connectivity index (χ4n) is 1.94. The molecule has 0 amide bonds. The van der Waals surface area contributed by atoms with Crippen molar-refractivity contribution in [1.82, 2.24) is 4.90 Å². The van der Waals surface area contributed by atoms with Crippen molar-refractivity contribution in [2.75, 3.05) is 32.0 Å². The molecule has 0 saturated carbocycles. The smallest absolute Gasteiger partial charge is 0.320 e. The summed E-state index contributed by atoms with van der Waals surface area (Å²) in [4.78, 5) is 25.0. The van der Waals surface area contributed by atoms with Crippen LogP contribution < -0.4 is 5.73 Å². The van der Waals surface area contributed by atoms with Gasteiger partial charge >= 0.3 is 11.9 Å². The van der Waals surface area contributed by atoms with Gasteiger partial charge < -0.3 is 15.2 Å². The van der Waals surface area contributed by atoms with Crippen molar-refractivity contribution in [3.05, 3.63) is 27.7 Å². The summed E-state index contributed by atoms with van der Waals surface area (Å²) in [6.07, 6.45) is 0. The van der Waals surface area contributed by atoms with Crippen LogP contribution in [0.1, 0.15) is 19.4 Å². The lowest BCUT2D eigenvalue weighted by molar-refractivity contribution is -0.148. The van der Waals surface area contributed by atoms with Gasteiger partial charge in [-0.25, -0.2) is 0 Å². The SMILES string of the molecule is CCOC(=O)CN(CC(=O)OCC)Cc1c(N)ccc(Cl)c1Cl. The van der Waals surface area contributed by atoms with Gasteiger partial charge in [-0.15, -0.1) is 0 Å². The van der Waals surface area contributed by atoms with Gasteiger partial charge in [0, 0.05) is 17.8 Å². The minimum atomic E-state index is -0.450. The van der Waals surface area contributed by atoms with Gasteiger partial charge in [-0.3, -0.25) is 14.5 Å². The fraction of sp³-hybridized carbons (Fsp3) is 0.467. The van der Waals surface area contributed by atoms with Crippen molar-refractivity contribution in [3.63, 3.8) is 0 Å². The summed E-state index contributed by atoms with van der Waals surface area (Å²) in [6.45, 7) is 3.92. The van der Waals surface area contributed by atoms with E-state index in [1.165, 1.54) is 0 Å². The molecule has 1 aromatic rings. The topological polar surface area (TPSA) is 81.9 Å². The molecule has 0 aliphatic heterocycles. The van der Waals surface area contributed by atoms with Crippen molar-refractivity contribution in [2.45, 2.75) is 20.4 Å². The molecule has 0 radical (unpaired) electrons. The van der Waals surface area contributed by atoms with E-state index < -0.39 is 11.9 Å². The molecule has 23 heavy (non-hydrogen) atoms. The predicted molar refractivity (Wildman–Crippen MR) is 89.4 cm³/mol. The third-order valence-electron chi connectivity index (χ3n) is 2.93. The molecule has 8 heteroatoms. The molecule has 0 heterocycles. The van der Waals surface area contributed by atoms with E-state index in [0.717, 1.165) is 0 Å². The summed E-state index contributed by atoms with van der Waals surface area (Å²) in [5.74, 6) is -0.901. The maximum Gasteiger partial charge on any atom is 0.320 e. The average Bonchev–Trinajstić information content (AvgIpc) is 2.48. The van der Waals surface area contributed by atoms with Crippen LogP contribution in [0.5, 0.6) is 0 Å². The Bertz CT molecular complexity index is 547. The predicted octanol–water partition coefficient (Wildman–Crippen LogP) is 2.50. The standard InChI is InChI=1S/C15H20Cl2N2O4/c1-3-22-13(20)8-19(9-14(21)23-4-2)7-10-12(18)6-5-11(16)15(10)17/h5-6H,3-4,7-9,18H2,1-2H3. The van der Waals surface area contributed by atoms with E-state index in [2.05, 4.69) is 0 Å². The number of halogens is 2. The molecule has 0 saturated heterocycles. The highest BCUT2D eigenvalue weighted by Gasteiger charge is 2.19. The first kappa shape index (κ1) is 19.5. The van der Waals surface area contributed by atoms with E-state index >= 15 is 0 Å². The minimum absolute atomic E-state index is 0.0884. The van der Waals surface area contributed by atoms with Gasteiger partial charge in [0.15, 0.2) is 0 Å². The number of benzene rings is 1. The molecule has 128 valence electrons. The maximum atomic E-state index is 11.7. The van der Waals surface area contributed by atoms with Crippen LogP contribution in [0.15, 0.2) is 12.1 Å². The molecule has 0 spiro atoms. The number of rotatable bonds is 8. The quantitative estimate of drug-likeness (QED) is 0.565. The molecule has 1 rings (SSSR count). The minimum Gasteiger partial charge on any atom is -0.465 e. The Kier molecular flexibility index (Phi) is 8.16. The van der Waals surface area contributed by atoms with Gasteiger partial charge in [0.25, 0.3) is 0 Å². The average molecular weight is 363 g/mol. The molecular weight excluding hydrogens is 343 g/mol. The third kappa shape index (κ3) is 6.25. The number of carbonyl (C=O) groups excluding carboxylic acids is 2. The Morgan fingerprint density at radius 1 is 1.09 bits per heavy atom. The molecule has 0 atom stereocenters. The van der Waals surface area contributed by atoms with E-state index in [0.29, 0.717) is 21.3 Å². The first-order chi connectivity index (χ1) is 10.9. The normalized spacial score (nSPS) is 10.7.